The molecule has 0 saturated heterocycles. The maximum Gasteiger partial charge on any atom is 0.305 e. The van der Waals surface area contributed by atoms with Gasteiger partial charge >= 0.3 is 5.97 Å². The molecule has 4 fully saturated rings. The number of carbonyl (C=O) groups excluding carboxylic acids is 1. The van der Waals surface area contributed by atoms with Gasteiger partial charge in [0.05, 0.1) is 18.8 Å². The van der Waals surface area contributed by atoms with Crippen LogP contribution >= 0.6 is 0 Å². The number of carbonyl (C=O) groups is 1. The summed E-state index contributed by atoms with van der Waals surface area (Å²) in [6, 6.07) is 0. The molecule has 11 atom stereocenters. The smallest absolute Gasteiger partial charge is 0.305 e. The third-order valence-corrected chi connectivity index (χ3v) is 11.3. The fraction of sp³-hybridized carbons (Fsp3) is 0.964. The molecule has 0 aromatic carbocycles. The maximum absolute atomic E-state index is 11.9. The van der Waals surface area contributed by atoms with Crippen molar-refractivity contribution in [2.45, 2.75) is 111 Å². The van der Waals surface area contributed by atoms with Crippen molar-refractivity contribution in [3.05, 3.63) is 0 Å². The van der Waals surface area contributed by atoms with Crippen LogP contribution in [0, 0.1) is 52.3 Å². The molecular formula is C28H48O4. The van der Waals surface area contributed by atoms with E-state index >= 15 is 0 Å². The van der Waals surface area contributed by atoms with Crippen LogP contribution in [-0.4, -0.2) is 35.0 Å². The summed E-state index contributed by atoms with van der Waals surface area (Å²) in [5.41, 5.74) is 0.532. The van der Waals surface area contributed by atoms with Crippen molar-refractivity contribution >= 4 is 5.97 Å². The van der Waals surface area contributed by atoms with Crippen LogP contribution in [0.3, 0.4) is 0 Å². The van der Waals surface area contributed by atoms with Crippen molar-refractivity contribution in [2.75, 3.05) is 6.61 Å². The van der Waals surface area contributed by atoms with E-state index < -0.39 is 0 Å². The van der Waals surface area contributed by atoms with E-state index in [-0.39, 0.29) is 29.0 Å². The van der Waals surface area contributed by atoms with Crippen molar-refractivity contribution in [3.8, 4) is 0 Å². The van der Waals surface area contributed by atoms with E-state index in [1.807, 2.05) is 6.92 Å². The van der Waals surface area contributed by atoms with E-state index in [1.165, 1.54) is 25.7 Å². The third-order valence-electron chi connectivity index (χ3n) is 11.3. The minimum absolute atomic E-state index is 0.0605. The Kier molecular flexibility index (Phi) is 7.05. The molecule has 0 amide bonds. The Hall–Kier alpha value is -0.610. The third kappa shape index (κ3) is 3.85. The molecule has 0 bridgehead atoms. The molecule has 4 rings (SSSR count). The molecule has 0 aromatic heterocycles. The molecule has 4 aliphatic rings. The van der Waals surface area contributed by atoms with Gasteiger partial charge in [0, 0.05) is 6.42 Å². The second kappa shape index (κ2) is 9.21. The molecule has 32 heavy (non-hydrogen) atoms. The fourth-order valence-electron chi connectivity index (χ4n) is 9.71. The van der Waals surface area contributed by atoms with Crippen molar-refractivity contribution in [2.24, 2.45) is 52.3 Å². The van der Waals surface area contributed by atoms with Gasteiger partial charge in [-0.2, -0.15) is 0 Å². The van der Waals surface area contributed by atoms with Gasteiger partial charge in [0.15, 0.2) is 0 Å². The average molecular weight is 449 g/mol. The van der Waals surface area contributed by atoms with Gasteiger partial charge in [-0.25, -0.2) is 0 Å². The van der Waals surface area contributed by atoms with Crippen molar-refractivity contribution in [1.82, 2.24) is 0 Å². The molecule has 4 aliphatic carbocycles. The molecule has 0 aliphatic heterocycles. The van der Waals surface area contributed by atoms with Crippen molar-refractivity contribution < 1.29 is 19.7 Å². The number of hydrogen-bond donors (Lipinski definition) is 2. The summed E-state index contributed by atoms with van der Waals surface area (Å²) in [5.74, 6) is 3.44. The Morgan fingerprint density at radius 3 is 2.38 bits per heavy atom. The highest BCUT2D eigenvalue weighted by molar-refractivity contribution is 5.69. The van der Waals surface area contributed by atoms with Gasteiger partial charge in [-0.1, -0.05) is 34.1 Å². The number of ether oxygens (including phenoxy) is 1. The molecule has 4 nitrogen and oxygen atoms in total. The number of esters is 1. The highest BCUT2D eigenvalue weighted by Gasteiger charge is 2.64. The Morgan fingerprint density at radius 1 is 1.00 bits per heavy atom. The highest BCUT2D eigenvalue weighted by Crippen LogP contribution is 2.69. The maximum atomic E-state index is 11.9. The van der Waals surface area contributed by atoms with E-state index in [4.69, 9.17) is 4.74 Å². The van der Waals surface area contributed by atoms with Gasteiger partial charge in [-0.15, -0.1) is 0 Å². The number of aliphatic hydroxyl groups excluding tert-OH is 2. The Balaban J connectivity index is 1.55. The molecule has 2 N–H and O–H groups in total. The summed E-state index contributed by atoms with van der Waals surface area (Å²) in [4.78, 5) is 11.9. The largest absolute Gasteiger partial charge is 0.466 e. The molecule has 0 radical (unpaired) electrons. The molecule has 7 unspecified atom stereocenters. The normalized spacial score (nSPS) is 49.0. The van der Waals surface area contributed by atoms with Gasteiger partial charge in [-0.05, 0) is 111 Å². The van der Waals surface area contributed by atoms with Crippen LogP contribution in [0.15, 0.2) is 0 Å². The predicted octanol–water partition coefficient (Wildman–Crippen LogP) is 5.59. The predicted molar refractivity (Wildman–Crippen MR) is 127 cm³/mol. The summed E-state index contributed by atoms with van der Waals surface area (Å²) >= 11 is 0. The Bertz CT molecular complexity index is 678. The zero-order valence-corrected chi connectivity index (χ0v) is 21.2. The topological polar surface area (TPSA) is 66.8 Å². The Labute approximate surface area is 195 Å². The molecule has 4 saturated carbocycles. The molecule has 0 spiro atoms. The number of aliphatic hydroxyl groups is 2. The van der Waals surface area contributed by atoms with Crippen LogP contribution < -0.4 is 0 Å². The second-order valence-corrected chi connectivity index (χ2v) is 12.4. The number of hydrogen-bond acceptors (Lipinski definition) is 4. The number of rotatable bonds is 6. The van der Waals surface area contributed by atoms with E-state index in [0.717, 1.165) is 32.1 Å². The minimum Gasteiger partial charge on any atom is -0.466 e. The lowest BCUT2D eigenvalue weighted by Gasteiger charge is -2.64. The lowest BCUT2D eigenvalue weighted by molar-refractivity contribution is -0.203. The molecule has 0 aromatic rings. The summed E-state index contributed by atoms with van der Waals surface area (Å²) in [6.07, 6.45) is 9.90. The van der Waals surface area contributed by atoms with Crippen LogP contribution in [0.25, 0.3) is 0 Å². The second-order valence-electron chi connectivity index (χ2n) is 12.4. The first kappa shape index (κ1) is 24.5. The van der Waals surface area contributed by atoms with Crippen LogP contribution in [0.5, 0.6) is 0 Å². The van der Waals surface area contributed by atoms with Crippen LogP contribution in [0.1, 0.15) is 98.8 Å². The lowest BCUT2D eigenvalue weighted by Crippen LogP contribution is -2.62. The molecule has 184 valence electrons. The standard InChI is InChI=1S/C28H48O4/c1-6-19-23-16-18(29)12-14-28(23,5)22-13-15-27(4)20(9-10-21(27)25(22)26(19)31)17(3)8-11-24(30)32-7-2/h17-23,25-26,29,31H,6-16H2,1-5H3/t17-,18-,19-,20?,21?,22?,23?,25?,26-,27?,28?/m1/s1. The lowest BCUT2D eigenvalue weighted by atomic mass is 9.41. The van der Waals surface area contributed by atoms with Crippen molar-refractivity contribution in [1.29, 1.82) is 0 Å². The quantitative estimate of drug-likeness (QED) is 0.520. The summed E-state index contributed by atoms with van der Waals surface area (Å²) in [6.45, 7) is 11.9. The van der Waals surface area contributed by atoms with E-state index in [0.29, 0.717) is 54.5 Å². The van der Waals surface area contributed by atoms with Gasteiger partial charge in [0.25, 0.3) is 0 Å². The van der Waals surface area contributed by atoms with E-state index in [9.17, 15) is 15.0 Å². The van der Waals surface area contributed by atoms with Crippen molar-refractivity contribution in [3.63, 3.8) is 0 Å². The van der Waals surface area contributed by atoms with E-state index in [2.05, 4.69) is 27.7 Å². The monoisotopic (exact) mass is 448 g/mol. The van der Waals surface area contributed by atoms with Gasteiger partial charge in [0.2, 0.25) is 0 Å². The first-order chi connectivity index (χ1) is 15.2. The SMILES string of the molecule is CCOC(=O)CC[C@@H](C)C1CCC2C3C(CCC21C)C1(C)CC[C@@H](O)CC1[C@@H](CC)[C@H]3O. The molecule has 0 heterocycles. The van der Waals surface area contributed by atoms with Gasteiger partial charge < -0.3 is 14.9 Å². The Morgan fingerprint density at radius 2 is 1.69 bits per heavy atom. The average Bonchev–Trinajstić information content (AvgIpc) is 3.11. The van der Waals surface area contributed by atoms with E-state index in [1.54, 1.807) is 0 Å². The van der Waals surface area contributed by atoms with Crippen LogP contribution in [-0.2, 0) is 9.53 Å². The molecular weight excluding hydrogens is 400 g/mol. The van der Waals surface area contributed by atoms with Crippen LogP contribution in [0.2, 0.25) is 0 Å². The first-order valence-electron chi connectivity index (χ1n) is 13.7. The van der Waals surface area contributed by atoms with Gasteiger partial charge in [-0.3, -0.25) is 4.79 Å². The summed E-state index contributed by atoms with van der Waals surface area (Å²) < 4.78 is 5.17. The fourth-order valence-corrected chi connectivity index (χ4v) is 9.71. The summed E-state index contributed by atoms with van der Waals surface area (Å²) in [5, 5.41) is 22.2. The first-order valence-corrected chi connectivity index (χ1v) is 13.7. The zero-order chi connectivity index (χ0) is 23.3. The number of fused-ring (bicyclic) bond motifs is 5. The molecule has 4 heteroatoms. The summed E-state index contributed by atoms with van der Waals surface area (Å²) in [7, 11) is 0. The van der Waals surface area contributed by atoms with Crippen LogP contribution in [0.4, 0.5) is 0 Å². The highest BCUT2D eigenvalue weighted by atomic mass is 16.5. The zero-order valence-electron chi connectivity index (χ0n) is 21.2. The minimum atomic E-state index is -0.230. The van der Waals surface area contributed by atoms with Gasteiger partial charge in [0.1, 0.15) is 0 Å².